The number of furan rings is 1. The molecule has 1 aliphatic heterocycles. The van der Waals surface area contributed by atoms with Gasteiger partial charge in [-0.3, -0.25) is 5.43 Å². The molecule has 3 aromatic rings. The fraction of sp³-hybridized carbons (Fsp3) is 0.214. The molecule has 2 aromatic heterocycles. The normalized spacial score (nSPS) is 17.2. The highest BCUT2D eigenvalue weighted by molar-refractivity contribution is 7.99. The number of aromatic nitrogens is 2. The lowest BCUT2D eigenvalue weighted by atomic mass is 10.2. The summed E-state index contributed by atoms with van der Waals surface area (Å²) >= 11 is 7.67. The van der Waals surface area contributed by atoms with E-state index in [1.165, 1.54) is 11.8 Å². The highest BCUT2D eigenvalue weighted by Crippen LogP contribution is 2.34. The second-order valence-electron chi connectivity index (χ2n) is 4.84. The van der Waals surface area contributed by atoms with Gasteiger partial charge in [0.15, 0.2) is 16.5 Å². The van der Waals surface area contributed by atoms with Gasteiger partial charge < -0.3 is 9.15 Å². The smallest absolute Gasteiger partial charge is 0.196 e. The van der Waals surface area contributed by atoms with E-state index in [4.69, 9.17) is 20.8 Å². The monoisotopic (exact) mass is 321 g/mol. The van der Waals surface area contributed by atoms with Crippen LogP contribution in [-0.4, -0.2) is 22.3 Å². The molecule has 1 atom stereocenters. The van der Waals surface area contributed by atoms with E-state index >= 15 is 0 Å². The first-order valence-corrected chi connectivity index (χ1v) is 7.65. The molecule has 1 aliphatic rings. The quantitative estimate of drug-likeness (QED) is 0.777. The van der Waals surface area contributed by atoms with E-state index in [1.807, 2.05) is 36.0 Å². The minimum absolute atomic E-state index is 0.0984. The lowest BCUT2D eigenvalue weighted by Gasteiger charge is -2.06. The largest absolute Gasteiger partial charge is 0.454 e. The second-order valence-corrected chi connectivity index (χ2v) is 6.28. The van der Waals surface area contributed by atoms with Crippen molar-refractivity contribution in [3.05, 3.63) is 35.0 Å². The van der Waals surface area contributed by atoms with Gasteiger partial charge >= 0.3 is 0 Å². The summed E-state index contributed by atoms with van der Waals surface area (Å²) < 4.78 is 12.9. The van der Waals surface area contributed by atoms with Crippen molar-refractivity contribution in [2.75, 3.05) is 12.5 Å². The molecular formula is C14H12ClN3O2S. The van der Waals surface area contributed by atoms with Crippen LogP contribution in [0.3, 0.4) is 0 Å². The number of thioether (sulfide) groups is 1. The zero-order valence-electron chi connectivity index (χ0n) is 11.4. The molecule has 1 unspecified atom stereocenters. The molecule has 0 amide bonds. The van der Waals surface area contributed by atoms with E-state index in [9.17, 15) is 0 Å². The predicted molar refractivity (Wildman–Crippen MR) is 83.2 cm³/mol. The third kappa shape index (κ3) is 2.10. The van der Waals surface area contributed by atoms with Crippen LogP contribution < -0.4 is 5.43 Å². The molecule has 1 aromatic carbocycles. The van der Waals surface area contributed by atoms with Gasteiger partial charge in [0.1, 0.15) is 11.3 Å². The number of ether oxygens (including phenoxy) is 1. The highest BCUT2D eigenvalue weighted by Gasteiger charge is 2.24. The van der Waals surface area contributed by atoms with E-state index in [0.29, 0.717) is 0 Å². The lowest BCUT2D eigenvalue weighted by Crippen LogP contribution is -2.19. The van der Waals surface area contributed by atoms with Gasteiger partial charge in [0.05, 0.1) is 6.20 Å². The molecule has 7 heteroatoms. The van der Waals surface area contributed by atoms with E-state index in [2.05, 4.69) is 10.4 Å². The number of nitrogens with one attached hydrogen (secondary N) is 1. The van der Waals surface area contributed by atoms with Crippen LogP contribution in [0.4, 0.5) is 0 Å². The van der Waals surface area contributed by atoms with Crippen LogP contribution in [-0.2, 0) is 4.74 Å². The molecular weight excluding hydrogens is 310 g/mol. The third-order valence-electron chi connectivity index (χ3n) is 3.39. The Bertz CT molecular complexity index is 780. The van der Waals surface area contributed by atoms with Crippen molar-refractivity contribution in [1.82, 2.24) is 9.66 Å². The van der Waals surface area contributed by atoms with Crippen molar-refractivity contribution in [2.24, 2.45) is 0 Å². The van der Waals surface area contributed by atoms with Gasteiger partial charge in [-0.05, 0) is 42.4 Å². The van der Waals surface area contributed by atoms with Crippen molar-refractivity contribution >= 4 is 34.3 Å². The summed E-state index contributed by atoms with van der Waals surface area (Å²) in [5, 5.41) is 2.57. The number of rotatable bonds is 2. The van der Waals surface area contributed by atoms with Crippen LogP contribution in [0.2, 0.25) is 5.02 Å². The molecule has 0 spiro atoms. The SMILES string of the molecule is COC1Nn2cc(-c3cc4cc(Cl)c(C)cc4o3)nc2S1. The van der Waals surface area contributed by atoms with E-state index in [1.54, 1.807) is 7.11 Å². The van der Waals surface area contributed by atoms with Gasteiger partial charge in [-0.1, -0.05) is 11.6 Å². The van der Waals surface area contributed by atoms with Crippen LogP contribution in [0.15, 0.2) is 34.0 Å². The Labute approximate surface area is 130 Å². The minimum Gasteiger partial charge on any atom is -0.454 e. The number of aryl methyl sites for hydroxylation is 1. The van der Waals surface area contributed by atoms with Crippen molar-refractivity contribution in [2.45, 2.75) is 17.6 Å². The van der Waals surface area contributed by atoms with Crippen LogP contribution >= 0.6 is 23.4 Å². The number of hydrogen-bond acceptors (Lipinski definition) is 5. The summed E-state index contributed by atoms with van der Waals surface area (Å²) in [6.07, 6.45) is 1.90. The van der Waals surface area contributed by atoms with E-state index < -0.39 is 0 Å². The molecule has 1 N–H and O–H groups in total. The number of halogens is 1. The Balaban J connectivity index is 1.74. The van der Waals surface area contributed by atoms with E-state index in [-0.39, 0.29) is 5.56 Å². The van der Waals surface area contributed by atoms with Gasteiger partial charge in [0, 0.05) is 17.5 Å². The molecule has 4 rings (SSSR count). The van der Waals surface area contributed by atoms with Gasteiger partial charge in [-0.2, -0.15) is 0 Å². The summed E-state index contributed by atoms with van der Waals surface area (Å²) in [5.41, 5.74) is 5.65. The zero-order chi connectivity index (χ0) is 14.6. The Morgan fingerprint density at radius 1 is 1.43 bits per heavy atom. The Kier molecular flexibility index (Phi) is 2.92. The summed E-state index contributed by atoms with van der Waals surface area (Å²) in [6.45, 7) is 1.96. The molecule has 0 saturated carbocycles. The zero-order valence-corrected chi connectivity index (χ0v) is 13.0. The topological polar surface area (TPSA) is 52.2 Å². The van der Waals surface area contributed by atoms with Crippen molar-refractivity contribution in [3.8, 4) is 11.5 Å². The Morgan fingerprint density at radius 3 is 3.05 bits per heavy atom. The minimum atomic E-state index is -0.0984. The molecule has 0 radical (unpaired) electrons. The third-order valence-corrected chi connectivity index (χ3v) is 4.81. The summed E-state index contributed by atoms with van der Waals surface area (Å²) in [6, 6.07) is 5.81. The average Bonchev–Trinajstić information content (AvgIpc) is 3.10. The Hall–Kier alpha value is -1.63. The number of methoxy groups -OCH3 is 1. The number of fused-ring (bicyclic) bond motifs is 2. The number of hydrogen-bond donors (Lipinski definition) is 1. The van der Waals surface area contributed by atoms with Gasteiger partial charge in [-0.15, -0.1) is 0 Å². The fourth-order valence-electron chi connectivity index (χ4n) is 2.28. The lowest BCUT2D eigenvalue weighted by molar-refractivity contribution is 0.187. The first kappa shape index (κ1) is 13.1. The molecule has 3 heterocycles. The maximum Gasteiger partial charge on any atom is 0.196 e. The maximum atomic E-state index is 6.15. The molecule has 0 fully saturated rings. The first-order valence-electron chi connectivity index (χ1n) is 6.39. The van der Waals surface area contributed by atoms with Gasteiger partial charge in [0.2, 0.25) is 0 Å². The number of benzene rings is 1. The second kappa shape index (κ2) is 4.69. The Morgan fingerprint density at radius 2 is 2.29 bits per heavy atom. The van der Waals surface area contributed by atoms with Crippen molar-refractivity contribution < 1.29 is 9.15 Å². The molecule has 108 valence electrons. The number of nitrogens with zero attached hydrogens (tertiary/aromatic N) is 2. The summed E-state index contributed by atoms with van der Waals surface area (Å²) in [7, 11) is 1.66. The van der Waals surface area contributed by atoms with Crippen LogP contribution in [0.5, 0.6) is 0 Å². The van der Waals surface area contributed by atoms with Crippen LogP contribution in [0, 0.1) is 6.92 Å². The highest BCUT2D eigenvalue weighted by atomic mass is 35.5. The predicted octanol–water partition coefficient (Wildman–Crippen LogP) is 3.84. The standard InChI is InChI=1S/C14H12ClN3O2S/c1-7-3-11-8(4-9(7)15)5-12(20-11)10-6-18-13(16-10)21-14(17-18)19-2/h3-6,14,17H,1-2H3. The van der Waals surface area contributed by atoms with E-state index in [0.717, 1.165) is 38.2 Å². The molecule has 0 bridgehead atoms. The average molecular weight is 322 g/mol. The first-order chi connectivity index (χ1) is 10.1. The maximum absolute atomic E-state index is 6.15. The molecule has 5 nitrogen and oxygen atoms in total. The molecule has 0 aliphatic carbocycles. The fourth-order valence-corrected chi connectivity index (χ4v) is 3.28. The van der Waals surface area contributed by atoms with Gasteiger partial charge in [-0.25, -0.2) is 9.66 Å². The molecule has 0 saturated heterocycles. The summed E-state index contributed by atoms with van der Waals surface area (Å²) in [4.78, 5) is 4.56. The van der Waals surface area contributed by atoms with Crippen LogP contribution in [0.1, 0.15) is 5.56 Å². The van der Waals surface area contributed by atoms with Crippen LogP contribution in [0.25, 0.3) is 22.4 Å². The van der Waals surface area contributed by atoms with Crippen molar-refractivity contribution in [3.63, 3.8) is 0 Å². The number of imidazole rings is 1. The summed E-state index contributed by atoms with van der Waals surface area (Å²) in [5.74, 6) is 0.727. The molecule has 21 heavy (non-hydrogen) atoms. The van der Waals surface area contributed by atoms with Crippen molar-refractivity contribution in [1.29, 1.82) is 0 Å². The van der Waals surface area contributed by atoms with Gasteiger partial charge in [0.25, 0.3) is 0 Å².